The van der Waals surface area contributed by atoms with Gasteiger partial charge in [-0.25, -0.2) is 0 Å². The van der Waals surface area contributed by atoms with Crippen molar-refractivity contribution in [2.24, 2.45) is 5.92 Å². The van der Waals surface area contributed by atoms with Crippen molar-refractivity contribution >= 4 is 0 Å². The van der Waals surface area contributed by atoms with Gasteiger partial charge in [-0.2, -0.15) is 15.4 Å². The van der Waals surface area contributed by atoms with Gasteiger partial charge in [0.1, 0.15) is 5.69 Å². The molecule has 2 aromatic rings. The average Bonchev–Trinajstić information content (AvgIpc) is 2.71. The van der Waals surface area contributed by atoms with Gasteiger partial charge in [0.05, 0.1) is 6.20 Å². The van der Waals surface area contributed by atoms with E-state index in [1.165, 1.54) is 5.56 Å². The van der Waals surface area contributed by atoms with Crippen LogP contribution in [0, 0.1) is 5.92 Å². The molecule has 1 heterocycles. The van der Waals surface area contributed by atoms with Gasteiger partial charge in [0.15, 0.2) is 0 Å². The molecule has 3 nitrogen and oxygen atoms in total. The summed E-state index contributed by atoms with van der Waals surface area (Å²) in [6, 6.07) is 8.50. The molecule has 78 valence electrons. The fourth-order valence-corrected chi connectivity index (χ4v) is 1.62. The molecule has 0 bridgehead atoms. The van der Waals surface area contributed by atoms with E-state index in [2.05, 4.69) is 53.5 Å². The van der Waals surface area contributed by atoms with Crippen LogP contribution in [0.15, 0.2) is 30.5 Å². The SMILES string of the molecule is CC(C)Cc1ccc(-c2cn[nH]n2)cc1. The fraction of sp³-hybridized carbons (Fsp3) is 0.333. The van der Waals surface area contributed by atoms with Gasteiger partial charge in [0.25, 0.3) is 0 Å². The standard InChI is InChI=1S/C12H15N3/c1-9(2)7-10-3-5-11(6-4-10)12-8-13-15-14-12/h3-6,8-9H,7H2,1-2H3,(H,13,14,15). The Morgan fingerprint density at radius 1 is 1.20 bits per heavy atom. The Kier molecular flexibility index (Phi) is 2.81. The van der Waals surface area contributed by atoms with Crippen molar-refractivity contribution in [3.05, 3.63) is 36.0 Å². The Balaban J connectivity index is 2.17. The third kappa shape index (κ3) is 2.43. The van der Waals surface area contributed by atoms with E-state index in [4.69, 9.17) is 0 Å². The molecule has 0 aliphatic carbocycles. The highest BCUT2D eigenvalue weighted by Crippen LogP contribution is 2.17. The van der Waals surface area contributed by atoms with Gasteiger partial charge in [-0.05, 0) is 17.9 Å². The monoisotopic (exact) mass is 201 g/mol. The summed E-state index contributed by atoms with van der Waals surface area (Å²) in [7, 11) is 0. The predicted octanol–water partition coefficient (Wildman–Crippen LogP) is 2.67. The number of nitrogens with one attached hydrogen (secondary N) is 1. The number of nitrogens with zero attached hydrogens (tertiary/aromatic N) is 2. The summed E-state index contributed by atoms with van der Waals surface area (Å²) in [5, 5.41) is 10.4. The molecule has 0 saturated heterocycles. The Bertz CT molecular complexity index is 401. The van der Waals surface area contributed by atoms with Crippen molar-refractivity contribution in [2.45, 2.75) is 20.3 Å². The number of aromatic nitrogens is 3. The predicted molar refractivity (Wildman–Crippen MR) is 60.4 cm³/mol. The number of rotatable bonds is 3. The van der Waals surface area contributed by atoms with Crippen molar-refractivity contribution in [2.75, 3.05) is 0 Å². The van der Waals surface area contributed by atoms with Crippen LogP contribution in [-0.4, -0.2) is 15.4 Å². The van der Waals surface area contributed by atoms with Gasteiger partial charge in [-0.1, -0.05) is 38.1 Å². The molecule has 2 rings (SSSR count). The van der Waals surface area contributed by atoms with E-state index in [-0.39, 0.29) is 0 Å². The minimum atomic E-state index is 0.697. The lowest BCUT2D eigenvalue weighted by atomic mass is 10.0. The van der Waals surface area contributed by atoms with Crippen LogP contribution in [0.1, 0.15) is 19.4 Å². The summed E-state index contributed by atoms with van der Waals surface area (Å²) in [5.41, 5.74) is 3.37. The van der Waals surface area contributed by atoms with E-state index in [9.17, 15) is 0 Å². The van der Waals surface area contributed by atoms with Crippen LogP contribution in [0.5, 0.6) is 0 Å². The maximum Gasteiger partial charge on any atom is 0.112 e. The van der Waals surface area contributed by atoms with E-state index in [0.29, 0.717) is 5.92 Å². The van der Waals surface area contributed by atoms with Gasteiger partial charge in [0.2, 0.25) is 0 Å². The first-order valence-corrected chi connectivity index (χ1v) is 5.21. The minimum Gasteiger partial charge on any atom is -0.197 e. The van der Waals surface area contributed by atoms with Crippen molar-refractivity contribution in [3.8, 4) is 11.3 Å². The molecule has 1 aromatic carbocycles. The average molecular weight is 201 g/mol. The van der Waals surface area contributed by atoms with Gasteiger partial charge in [0, 0.05) is 5.56 Å². The number of H-pyrrole nitrogens is 1. The first kappa shape index (κ1) is 9.90. The van der Waals surface area contributed by atoms with Crippen LogP contribution in [-0.2, 0) is 6.42 Å². The van der Waals surface area contributed by atoms with Crippen molar-refractivity contribution in [1.29, 1.82) is 0 Å². The molecular weight excluding hydrogens is 186 g/mol. The van der Waals surface area contributed by atoms with E-state index >= 15 is 0 Å². The highest BCUT2D eigenvalue weighted by atomic mass is 15.3. The number of hydrogen-bond acceptors (Lipinski definition) is 2. The highest BCUT2D eigenvalue weighted by molar-refractivity contribution is 5.57. The van der Waals surface area contributed by atoms with E-state index in [0.717, 1.165) is 17.7 Å². The molecule has 0 unspecified atom stereocenters. The molecule has 0 aliphatic rings. The molecule has 0 radical (unpaired) electrons. The molecule has 0 saturated carbocycles. The maximum atomic E-state index is 4.04. The van der Waals surface area contributed by atoms with E-state index in [1.54, 1.807) is 6.20 Å². The van der Waals surface area contributed by atoms with Crippen LogP contribution in [0.3, 0.4) is 0 Å². The molecule has 0 amide bonds. The van der Waals surface area contributed by atoms with Crippen LogP contribution in [0.4, 0.5) is 0 Å². The number of aromatic amines is 1. The maximum absolute atomic E-state index is 4.04. The summed E-state index contributed by atoms with van der Waals surface area (Å²) in [4.78, 5) is 0. The smallest absolute Gasteiger partial charge is 0.112 e. The number of hydrogen-bond donors (Lipinski definition) is 1. The summed E-state index contributed by atoms with van der Waals surface area (Å²) >= 11 is 0. The van der Waals surface area contributed by atoms with Gasteiger partial charge < -0.3 is 0 Å². The topological polar surface area (TPSA) is 41.6 Å². The second-order valence-electron chi connectivity index (χ2n) is 4.15. The Morgan fingerprint density at radius 2 is 1.93 bits per heavy atom. The Labute approximate surface area is 89.5 Å². The lowest BCUT2D eigenvalue weighted by Gasteiger charge is -2.04. The second kappa shape index (κ2) is 4.26. The highest BCUT2D eigenvalue weighted by Gasteiger charge is 2.01. The zero-order valence-corrected chi connectivity index (χ0v) is 9.07. The fourth-order valence-electron chi connectivity index (χ4n) is 1.62. The first-order chi connectivity index (χ1) is 7.25. The van der Waals surface area contributed by atoms with E-state index in [1.807, 2.05) is 0 Å². The molecule has 0 atom stereocenters. The number of benzene rings is 1. The van der Waals surface area contributed by atoms with Gasteiger partial charge >= 0.3 is 0 Å². The Hall–Kier alpha value is -1.64. The van der Waals surface area contributed by atoms with Crippen LogP contribution in [0.25, 0.3) is 11.3 Å². The van der Waals surface area contributed by atoms with Gasteiger partial charge in [-0.15, -0.1) is 0 Å². The third-order valence-electron chi connectivity index (χ3n) is 2.31. The molecule has 0 fully saturated rings. The quantitative estimate of drug-likeness (QED) is 0.829. The lowest BCUT2D eigenvalue weighted by Crippen LogP contribution is -1.93. The second-order valence-corrected chi connectivity index (χ2v) is 4.15. The summed E-state index contributed by atoms with van der Waals surface area (Å²) in [6.45, 7) is 4.46. The summed E-state index contributed by atoms with van der Waals surface area (Å²) < 4.78 is 0. The van der Waals surface area contributed by atoms with E-state index < -0.39 is 0 Å². The minimum absolute atomic E-state index is 0.697. The first-order valence-electron chi connectivity index (χ1n) is 5.21. The molecule has 0 spiro atoms. The molecule has 1 N–H and O–H groups in total. The summed E-state index contributed by atoms with van der Waals surface area (Å²) in [5.74, 6) is 0.697. The normalized spacial score (nSPS) is 10.9. The van der Waals surface area contributed by atoms with Gasteiger partial charge in [-0.3, -0.25) is 0 Å². The third-order valence-corrected chi connectivity index (χ3v) is 2.31. The zero-order chi connectivity index (χ0) is 10.7. The van der Waals surface area contributed by atoms with Crippen molar-refractivity contribution in [1.82, 2.24) is 15.4 Å². The molecule has 1 aromatic heterocycles. The van der Waals surface area contributed by atoms with Crippen LogP contribution < -0.4 is 0 Å². The molecule has 15 heavy (non-hydrogen) atoms. The molecule has 0 aliphatic heterocycles. The largest absolute Gasteiger partial charge is 0.197 e. The molecule has 3 heteroatoms. The van der Waals surface area contributed by atoms with Crippen LogP contribution >= 0.6 is 0 Å². The van der Waals surface area contributed by atoms with Crippen molar-refractivity contribution < 1.29 is 0 Å². The molecular formula is C12H15N3. The lowest BCUT2D eigenvalue weighted by molar-refractivity contribution is 0.647. The van der Waals surface area contributed by atoms with Crippen LogP contribution in [0.2, 0.25) is 0 Å². The summed E-state index contributed by atoms with van der Waals surface area (Å²) in [6.07, 6.45) is 2.86. The Morgan fingerprint density at radius 3 is 2.47 bits per heavy atom. The van der Waals surface area contributed by atoms with Crippen molar-refractivity contribution in [3.63, 3.8) is 0 Å². The zero-order valence-electron chi connectivity index (χ0n) is 9.07.